The second-order valence-electron chi connectivity index (χ2n) is 12.8. The van der Waals surface area contributed by atoms with E-state index in [0.717, 1.165) is 90.1 Å². The molecule has 0 bridgehead atoms. The lowest BCUT2D eigenvalue weighted by atomic mass is 10.0. The predicted octanol–water partition coefficient (Wildman–Crippen LogP) is 10.2. The summed E-state index contributed by atoms with van der Waals surface area (Å²) in [5, 5.41) is 30.2. The van der Waals surface area contributed by atoms with Gasteiger partial charge in [0.05, 0.1) is 45.6 Å². The number of nitrogens with one attached hydrogen (secondary N) is 4. The fourth-order valence-electron chi connectivity index (χ4n) is 6.25. The molecule has 10 rings (SSSR count). The summed E-state index contributed by atoms with van der Waals surface area (Å²) in [4.78, 5) is 16.4. The van der Waals surface area contributed by atoms with Crippen LogP contribution in [0.5, 0.6) is 0 Å². The van der Waals surface area contributed by atoms with E-state index in [1.165, 1.54) is 0 Å². The van der Waals surface area contributed by atoms with Gasteiger partial charge in [-0.1, -0.05) is 50.2 Å². The first-order valence-electron chi connectivity index (χ1n) is 18.8. The topological polar surface area (TPSA) is 166 Å². The van der Waals surface area contributed by atoms with E-state index < -0.39 is 0 Å². The van der Waals surface area contributed by atoms with Crippen LogP contribution in [0.15, 0.2) is 171 Å². The van der Waals surface area contributed by atoms with E-state index >= 15 is 0 Å². The molecule has 8 aromatic heterocycles. The van der Waals surface area contributed by atoms with Crippen molar-refractivity contribution in [1.82, 2.24) is 60.7 Å². The predicted molar refractivity (Wildman–Crippen MR) is 227 cm³/mol. The largest absolute Gasteiger partial charge is 0.277 e. The van der Waals surface area contributed by atoms with Gasteiger partial charge in [0, 0.05) is 94.1 Å². The molecule has 2 aromatic carbocycles. The first-order chi connectivity index (χ1) is 28.7. The molecule has 58 heavy (non-hydrogen) atoms. The highest BCUT2D eigenvalue weighted by Crippen LogP contribution is 2.30. The number of aromatic amines is 4. The van der Waals surface area contributed by atoms with Crippen LogP contribution in [0.3, 0.4) is 0 Å². The van der Waals surface area contributed by atoms with Gasteiger partial charge in [-0.15, -0.1) is 0 Å². The van der Waals surface area contributed by atoms with Crippen LogP contribution in [-0.2, 0) is 0 Å². The lowest BCUT2D eigenvalue weighted by Gasteiger charge is -2.01. The van der Waals surface area contributed by atoms with Crippen molar-refractivity contribution in [3.63, 3.8) is 0 Å². The Bertz CT molecular complexity index is 2430. The third kappa shape index (κ3) is 8.41. The number of rotatable bonds is 8. The molecule has 0 saturated carbocycles. The van der Waals surface area contributed by atoms with Gasteiger partial charge in [-0.05, 0) is 84.9 Å². The average Bonchev–Trinajstić information content (AvgIpc) is 4.17. The zero-order valence-corrected chi connectivity index (χ0v) is 31.7. The Labute approximate surface area is 334 Å². The second kappa shape index (κ2) is 17.6. The third-order valence-electron chi connectivity index (χ3n) is 9.15. The van der Waals surface area contributed by atoms with Crippen LogP contribution in [0.4, 0.5) is 0 Å². The molecule has 10 aromatic rings. The normalized spacial score (nSPS) is 10.6. The highest BCUT2D eigenvalue weighted by Gasteiger charge is 2.12. The number of nitrogens with zero attached hydrogens (tertiary/aromatic N) is 8. The van der Waals surface area contributed by atoms with Crippen molar-refractivity contribution < 1.29 is 0 Å². The lowest BCUT2D eigenvalue weighted by Crippen LogP contribution is -1.82. The number of hydrogen-bond donors (Lipinski definition) is 4. The Morgan fingerprint density at radius 2 is 0.621 bits per heavy atom. The van der Waals surface area contributed by atoms with Gasteiger partial charge in [0.15, 0.2) is 0 Å². The van der Waals surface area contributed by atoms with Gasteiger partial charge in [-0.25, -0.2) is 0 Å². The van der Waals surface area contributed by atoms with Crippen molar-refractivity contribution in [1.29, 1.82) is 0 Å². The van der Waals surface area contributed by atoms with Crippen LogP contribution in [-0.4, -0.2) is 60.7 Å². The van der Waals surface area contributed by atoms with Gasteiger partial charge in [0.1, 0.15) is 0 Å². The van der Waals surface area contributed by atoms with Gasteiger partial charge in [-0.3, -0.25) is 40.3 Å². The zero-order chi connectivity index (χ0) is 39.5. The zero-order valence-electron chi connectivity index (χ0n) is 31.7. The van der Waals surface area contributed by atoms with Crippen molar-refractivity contribution in [2.24, 2.45) is 0 Å². The Morgan fingerprint density at radius 1 is 0.293 bits per heavy atom. The molecule has 0 fully saturated rings. The smallest absolute Gasteiger partial charge is 0.0942 e. The number of benzene rings is 2. The Hall–Kier alpha value is -8.12. The van der Waals surface area contributed by atoms with Crippen molar-refractivity contribution in [3.8, 4) is 90.1 Å². The monoisotopic (exact) mass is 758 g/mol. The quantitative estimate of drug-likeness (QED) is 0.119. The highest BCUT2D eigenvalue weighted by molar-refractivity contribution is 5.76. The molecule has 0 amide bonds. The summed E-state index contributed by atoms with van der Waals surface area (Å²) in [6.45, 7) is 4.00. The number of H-pyrrole nitrogens is 4. The second-order valence-corrected chi connectivity index (χ2v) is 12.8. The summed E-state index contributed by atoms with van der Waals surface area (Å²) in [5.74, 6) is 0. The van der Waals surface area contributed by atoms with E-state index in [1.807, 2.05) is 111 Å². The van der Waals surface area contributed by atoms with Crippen molar-refractivity contribution in [2.45, 2.75) is 13.8 Å². The molecule has 8 heterocycles. The molecule has 12 nitrogen and oxygen atoms in total. The Kier molecular flexibility index (Phi) is 11.2. The van der Waals surface area contributed by atoms with E-state index in [1.54, 1.807) is 49.6 Å². The molecule has 0 aliphatic carbocycles. The number of aromatic nitrogens is 12. The maximum absolute atomic E-state index is 4.47. The lowest BCUT2D eigenvalue weighted by molar-refractivity contribution is 1.09. The molecule has 4 N–H and O–H groups in total. The van der Waals surface area contributed by atoms with Crippen LogP contribution >= 0.6 is 0 Å². The molecular formula is C46H38N12. The molecule has 12 heteroatoms. The minimum absolute atomic E-state index is 0.869. The molecule has 0 spiro atoms. The molecule has 0 atom stereocenters. The molecule has 282 valence electrons. The summed E-state index contributed by atoms with van der Waals surface area (Å²) < 4.78 is 0. The Balaban J connectivity index is 0.000000155. The van der Waals surface area contributed by atoms with Crippen LogP contribution in [0, 0.1) is 0 Å². The van der Waals surface area contributed by atoms with E-state index in [-0.39, 0.29) is 0 Å². The molecular weight excluding hydrogens is 721 g/mol. The van der Waals surface area contributed by atoms with Gasteiger partial charge in [-0.2, -0.15) is 20.4 Å². The fourth-order valence-corrected chi connectivity index (χ4v) is 6.25. The van der Waals surface area contributed by atoms with E-state index in [9.17, 15) is 0 Å². The summed E-state index contributed by atoms with van der Waals surface area (Å²) in [7, 11) is 0. The maximum atomic E-state index is 4.47. The molecule has 0 radical (unpaired) electrons. The van der Waals surface area contributed by atoms with E-state index in [0.29, 0.717) is 0 Å². The summed E-state index contributed by atoms with van der Waals surface area (Å²) in [6.07, 6.45) is 14.2. The third-order valence-corrected chi connectivity index (χ3v) is 9.15. The minimum Gasteiger partial charge on any atom is -0.277 e. The molecule has 0 aliphatic rings. The molecule has 0 saturated heterocycles. The number of hydrogen-bond acceptors (Lipinski definition) is 8. The van der Waals surface area contributed by atoms with Crippen molar-refractivity contribution in [2.75, 3.05) is 0 Å². The first-order valence-corrected chi connectivity index (χ1v) is 18.8. The van der Waals surface area contributed by atoms with Crippen LogP contribution in [0.25, 0.3) is 90.1 Å². The van der Waals surface area contributed by atoms with Crippen LogP contribution in [0.2, 0.25) is 0 Å². The molecule has 0 unspecified atom stereocenters. The number of pyridine rings is 4. The minimum atomic E-state index is 0.869. The highest BCUT2D eigenvalue weighted by atomic mass is 15.1. The summed E-state index contributed by atoms with van der Waals surface area (Å²) in [6, 6.07) is 40.2. The summed E-state index contributed by atoms with van der Waals surface area (Å²) in [5.41, 5.74) is 15.6. The van der Waals surface area contributed by atoms with Gasteiger partial charge >= 0.3 is 0 Å². The van der Waals surface area contributed by atoms with Crippen LogP contribution in [0.1, 0.15) is 13.8 Å². The van der Waals surface area contributed by atoms with Gasteiger partial charge in [0.25, 0.3) is 0 Å². The maximum Gasteiger partial charge on any atom is 0.0942 e. The van der Waals surface area contributed by atoms with E-state index in [2.05, 4.69) is 85.0 Å². The molecule has 0 aliphatic heterocycles. The Morgan fingerprint density at radius 3 is 1.00 bits per heavy atom. The van der Waals surface area contributed by atoms with Crippen LogP contribution < -0.4 is 0 Å². The van der Waals surface area contributed by atoms with Gasteiger partial charge in [0.2, 0.25) is 0 Å². The SMILES string of the molecule is CC.c1cc(-c2cc(-c3ccncc3)[nH]n2)cc(-c2cc(-c3ccncc3)[nH]n2)c1.c1cncc(-c2cc(-c3cccc(-c4cc(-c5cccnc5)n[nH]4)c3)[nH]n2)c1. The van der Waals surface area contributed by atoms with Crippen molar-refractivity contribution >= 4 is 0 Å². The standard InChI is InChI=1S/2C22H16N6.C2H6/c1-4-15(19-11-21(27-25-19)17-6-2-8-23-13-17)10-16(5-1)20-12-22(28-26-20)18-7-3-9-24-14-18;1-2-17(21-13-19(25-27-21)15-4-8-23-9-5-15)12-18(3-1)22-14-20(26-28-22)16-6-10-24-11-7-16;1-2/h2*1-14H,(H,25,27)(H,26,28);1-2H3. The van der Waals surface area contributed by atoms with E-state index in [4.69, 9.17) is 0 Å². The van der Waals surface area contributed by atoms with Crippen molar-refractivity contribution in [3.05, 3.63) is 171 Å². The average molecular weight is 759 g/mol. The first kappa shape index (κ1) is 36.8. The fraction of sp³-hybridized carbons (Fsp3) is 0.0435. The summed E-state index contributed by atoms with van der Waals surface area (Å²) >= 11 is 0. The van der Waals surface area contributed by atoms with Gasteiger partial charge < -0.3 is 0 Å².